The van der Waals surface area contributed by atoms with E-state index in [9.17, 15) is 0 Å². The summed E-state index contributed by atoms with van der Waals surface area (Å²) in [6.07, 6.45) is 0. The molecule has 0 saturated carbocycles. The Balaban J connectivity index is 2.63. The highest BCUT2D eigenvalue weighted by molar-refractivity contribution is 6.36. The van der Waals surface area contributed by atoms with Crippen LogP contribution in [0.3, 0.4) is 0 Å². The zero-order valence-corrected chi connectivity index (χ0v) is 11.5. The molecule has 1 heterocycles. The van der Waals surface area contributed by atoms with Crippen molar-refractivity contribution >= 4 is 34.9 Å². The summed E-state index contributed by atoms with van der Waals surface area (Å²) >= 11 is 12.1. The third-order valence-corrected chi connectivity index (χ3v) is 2.96. The summed E-state index contributed by atoms with van der Waals surface area (Å²) in [6, 6.07) is 5.30. The number of rotatable bonds is 2. The van der Waals surface area contributed by atoms with Crippen LogP contribution in [0.1, 0.15) is 12.6 Å². The van der Waals surface area contributed by atoms with Crippen molar-refractivity contribution in [3.63, 3.8) is 0 Å². The van der Waals surface area contributed by atoms with E-state index < -0.39 is 0 Å². The highest BCUT2D eigenvalue weighted by atomic mass is 35.5. The van der Waals surface area contributed by atoms with Gasteiger partial charge in [-0.15, -0.1) is 0 Å². The van der Waals surface area contributed by atoms with Crippen LogP contribution >= 0.6 is 23.2 Å². The average Bonchev–Trinajstić information content (AvgIpc) is 2.60. The summed E-state index contributed by atoms with van der Waals surface area (Å²) in [4.78, 5) is 4.18. The van der Waals surface area contributed by atoms with Crippen molar-refractivity contribution in [3.05, 3.63) is 33.9 Å². The van der Waals surface area contributed by atoms with E-state index >= 15 is 0 Å². The minimum atomic E-state index is 0.438. The third-order valence-electron chi connectivity index (χ3n) is 2.41. The van der Waals surface area contributed by atoms with Crippen LogP contribution in [0.4, 0.5) is 5.82 Å². The van der Waals surface area contributed by atoms with Crippen LogP contribution in [0, 0.1) is 6.92 Å². The number of aryl methyl sites for hydroxylation is 1. The van der Waals surface area contributed by atoms with E-state index in [1.165, 1.54) is 0 Å². The molecule has 0 spiro atoms. The lowest BCUT2D eigenvalue weighted by atomic mass is 10.1. The summed E-state index contributed by atoms with van der Waals surface area (Å²) in [6.45, 7) is 3.61. The smallest absolute Gasteiger partial charge is 0.183 e. The minimum absolute atomic E-state index is 0.438. The Bertz CT molecular complexity index is 613. The van der Waals surface area contributed by atoms with Crippen LogP contribution in [0.25, 0.3) is 11.1 Å². The van der Waals surface area contributed by atoms with E-state index in [0.29, 0.717) is 21.7 Å². The van der Waals surface area contributed by atoms with E-state index in [-0.39, 0.29) is 0 Å². The molecule has 2 rings (SSSR count). The standard InChI is InChI=1S/C12H12Cl2N4/c1-6-11(12(18-17-6)16-7(2)15)9-4-3-8(13)5-10(9)14/h3-5H,1-2H3,(H3,15,16,17,18). The molecule has 94 valence electrons. The molecular formula is C12H12Cl2N4. The van der Waals surface area contributed by atoms with Crippen LogP contribution < -0.4 is 5.73 Å². The van der Waals surface area contributed by atoms with Gasteiger partial charge in [0.1, 0.15) is 0 Å². The molecule has 2 aromatic rings. The fraction of sp³-hybridized carbons (Fsp3) is 0.167. The highest BCUT2D eigenvalue weighted by Gasteiger charge is 2.15. The normalized spacial score (nSPS) is 11.9. The topological polar surface area (TPSA) is 67.1 Å². The highest BCUT2D eigenvalue weighted by Crippen LogP contribution is 2.37. The Hall–Kier alpha value is -1.52. The van der Waals surface area contributed by atoms with Gasteiger partial charge in [0.25, 0.3) is 0 Å². The van der Waals surface area contributed by atoms with E-state index in [1.54, 1.807) is 19.1 Å². The van der Waals surface area contributed by atoms with Gasteiger partial charge in [-0.1, -0.05) is 29.3 Å². The molecule has 0 bridgehead atoms. The second kappa shape index (κ2) is 5.00. The van der Waals surface area contributed by atoms with Crippen molar-refractivity contribution in [2.24, 2.45) is 10.7 Å². The summed E-state index contributed by atoms with van der Waals surface area (Å²) in [5.74, 6) is 0.963. The lowest BCUT2D eigenvalue weighted by Crippen LogP contribution is -2.04. The number of nitrogens with one attached hydrogen (secondary N) is 1. The number of hydrogen-bond donors (Lipinski definition) is 2. The van der Waals surface area contributed by atoms with Crippen LogP contribution in [0.2, 0.25) is 10.0 Å². The van der Waals surface area contributed by atoms with Crippen LogP contribution in [-0.4, -0.2) is 16.0 Å². The number of aromatic amines is 1. The molecule has 1 aromatic carbocycles. The third kappa shape index (κ3) is 2.49. The fourth-order valence-corrected chi connectivity index (χ4v) is 2.18. The monoisotopic (exact) mass is 282 g/mol. The molecule has 0 radical (unpaired) electrons. The number of hydrogen-bond acceptors (Lipinski definition) is 2. The number of amidine groups is 1. The number of aromatic nitrogens is 2. The maximum absolute atomic E-state index is 6.20. The average molecular weight is 283 g/mol. The number of nitrogens with two attached hydrogens (primary N) is 1. The summed E-state index contributed by atoms with van der Waals surface area (Å²) in [5, 5.41) is 8.13. The Morgan fingerprint density at radius 2 is 2.11 bits per heavy atom. The first kappa shape index (κ1) is 12.9. The second-order valence-electron chi connectivity index (χ2n) is 3.92. The molecule has 18 heavy (non-hydrogen) atoms. The van der Waals surface area contributed by atoms with Crippen molar-refractivity contribution in [2.45, 2.75) is 13.8 Å². The van der Waals surface area contributed by atoms with Crippen molar-refractivity contribution in [1.29, 1.82) is 0 Å². The lowest BCUT2D eigenvalue weighted by Gasteiger charge is -2.05. The van der Waals surface area contributed by atoms with Crippen molar-refractivity contribution in [3.8, 4) is 11.1 Å². The van der Waals surface area contributed by atoms with Gasteiger partial charge in [0.05, 0.1) is 16.4 Å². The van der Waals surface area contributed by atoms with E-state index in [2.05, 4.69) is 15.2 Å². The number of benzene rings is 1. The van der Waals surface area contributed by atoms with E-state index in [4.69, 9.17) is 28.9 Å². The predicted octanol–water partition coefficient (Wildman–Crippen LogP) is 3.70. The molecule has 6 heteroatoms. The molecule has 0 aliphatic carbocycles. The first-order valence-corrected chi connectivity index (χ1v) is 6.06. The zero-order chi connectivity index (χ0) is 13.3. The maximum atomic E-state index is 6.20. The van der Waals surface area contributed by atoms with Crippen molar-refractivity contribution in [2.75, 3.05) is 0 Å². The molecule has 0 fully saturated rings. The van der Waals surface area contributed by atoms with Gasteiger partial charge in [-0.25, -0.2) is 4.99 Å². The van der Waals surface area contributed by atoms with Gasteiger partial charge in [0.2, 0.25) is 0 Å². The van der Waals surface area contributed by atoms with E-state index in [0.717, 1.165) is 16.8 Å². The number of nitrogens with zero attached hydrogens (tertiary/aromatic N) is 2. The summed E-state index contributed by atoms with van der Waals surface area (Å²) < 4.78 is 0. The van der Waals surface area contributed by atoms with Gasteiger partial charge >= 0.3 is 0 Å². The predicted molar refractivity (Wildman–Crippen MR) is 75.7 cm³/mol. The Morgan fingerprint density at radius 1 is 1.39 bits per heavy atom. The molecule has 0 unspecified atom stereocenters. The Morgan fingerprint density at radius 3 is 2.72 bits per heavy atom. The van der Waals surface area contributed by atoms with Crippen molar-refractivity contribution < 1.29 is 0 Å². The minimum Gasteiger partial charge on any atom is -0.387 e. The van der Waals surface area contributed by atoms with Crippen LogP contribution in [0.5, 0.6) is 0 Å². The molecule has 0 aliphatic rings. The van der Waals surface area contributed by atoms with E-state index in [1.807, 2.05) is 13.0 Å². The molecule has 0 atom stereocenters. The quantitative estimate of drug-likeness (QED) is 0.651. The number of halogens is 2. The zero-order valence-electron chi connectivity index (χ0n) is 9.96. The number of H-pyrrole nitrogens is 1. The first-order chi connectivity index (χ1) is 8.49. The fourth-order valence-electron chi connectivity index (χ4n) is 1.68. The number of aliphatic imine (C=N–C) groups is 1. The van der Waals surface area contributed by atoms with Gasteiger partial charge in [0, 0.05) is 16.3 Å². The molecule has 3 N–H and O–H groups in total. The molecule has 4 nitrogen and oxygen atoms in total. The largest absolute Gasteiger partial charge is 0.387 e. The second-order valence-corrected chi connectivity index (χ2v) is 4.77. The van der Waals surface area contributed by atoms with Gasteiger partial charge in [0.15, 0.2) is 5.82 Å². The summed E-state index contributed by atoms with van der Waals surface area (Å²) in [7, 11) is 0. The molecule has 1 aromatic heterocycles. The molecule has 0 amide bonds. The van der Waals surface area contributed by atoms with Crippen LogP contribution in [-0.2, 0) is 0 Å². The molecule has 0 aliphatic heterocycles. The van der Waals surface area contributed by atoms with Gasteiger partial charge in [-0.2, -0.15) is 5.10 Å². The van der Waals surface area contributed by atoms with Gasteiger partial charge in [-0.05, 0) is 26.0 Å². The summed E-state index contributed by atoms with van der Waals surface area (Å²) in [5.41, 5.74) is 8.12. The van der Waals surface area contributed by atoms with Gasteiger partial charge in [-0.3, -0.25) is 5.10 Å². The van der Waals surface area contributed by atoms with Crippen LogP contribution in [0.15, 0.2) is 23.2 Å². The molecular weight excluding hydrogens is 271 g/mol. The Kier molecular flexibility index (Phi) is 3.59. The molecule has 0 saturated heterocycles. The SMILES string of the molecule is CC(N)=Nc1n[nH]c(C)c1-c1ccc(Cl)cc1Cl. The maximum Gasteiger partial charge on any atom is 0.183 e. The Labute approximate surface area is 115 Å². The van der Waals surface area contributed by atoms with Crippen molar-refractivity contribution in [1.82, 2.24) is 10.2 Å². The first-order valence-electron chi connectivity index (χ1n) is 5.30. The van der Waals surface area contributed by atoms with Gasteiger partial charge < -0.3 is 5.73 Å². The lowest BCUT2D eigenvalue weighted by molar-refractivity contribution is 1.04.